The van der Waals surface area contributed by atoms with Crippen LogP contribution in [-0.2, 0) is 19.1 Å². The van der Waals surface area contributed by atoms with Crippen LogP contribution in [-0.4, -0.2) is 81.7 Å². The normalized spacial score (nSPS) is 28.9. The molecule has 2 unspecified atom stereocenters. The van der Waals surface area contributed by atoms with Crippen LogP contribution in [0.3, 0.4) is 0 Å². The van der Waals surface area contributed by atoms with Crippen molar-refractivity contribution in [3.05, 3.63) is 55.6 Å². The molecule has 3 saturated heterocycles. The van der Waals surface area contributed by atoms with Gasteiger partial charge in [0.2, 0.25) is 17.7 Å². The molecule has 1 spiro atoms. The highest BCUT2D eigenvalue weighted by atomic mass is 16.5. The number of aliphatic hydroxyl groups excluding tert-OH is 1. The third-order valence-corrected chi connectivity index (χ3v) is 8.87. The van der Waals surface area contributed by atoms with Crippen LogP contribution >= 0.6 is 0 Å². The molecule has 1 N–H and O–H groups in total. The van der Waals surface area contributed by atoms with Gasteiger partial charge < -0.3 is 24.5 Å². The zero-order chi connectivity index (χ0) is 29.3. The second kappa shape index (κ2) is 11.5. The van der Waals surface area contributed by atoms with E-state index in [4.69, 9.17) is 4.74 Å². The standard InChI is InChI=1S/C32H45N3O5/c1-7-19-33(23-15-11-9-12-16-23)27(37)24-25-28(38)34(21-13-10-14-22-36)26(32(25)18-17-31(24,6)40-32)29(39)35(20-8-2)30(3,4)5/h7-9,11-12,15-16,24-26,36H,1-2,10,13-14,17-22H2,3-6H3/t24-,25+,26?,31+,32?/m1/s1. The maximum absolute atomic E-state index is 14.4. The molecule has 0 aliphatic carbocycles. The van der Waals surface area contributed by atoms with Crippen molar-refractivity contribution >= 4 is 23.4 Å². The quantitative estimate of drug-likeness (QED) is 0.314. The number of rotatable bonds is 12. The molecule has 3 amide bonds. The molecule has 218 valence electrons. The van der Waals surface area contributed by atoms with E-state index >= 15 is 0 Å². The molecule has 2 bridgehead atoms. The van der Waals surface area contributed by atoms with E-state index in [1.807, 2.05) is 58.0 Å². The maximum atomic E-state index is 14.4. The van der Waals surface area contributed by atoms with E-state index in [1.54, 1.807) is 26.9 Å². The lowest BCUT2D eigenvalue weighted by Gasteiger charge is -2.42. The topological polar surface area (TPSA) is 90.4 Å². The number of amides is 3. The van der Waals surface area contributed by atoms with Gasteiger partial charge in [0.15, 0.2) is 0 Å². The smallest absolute Gasteiger partial charge is 0.249 e. The van der Waals surface area contributed by atoms with E-state index in [1.165, 1.54) is 0 Å². The number of anilines is 1. The number of fused-ring (bicyclic) bond motifs is 1. The number of hydrogen-bond acceptors (Lipinski definition) is 5. The molecule has 3 aliphatic rings. The summed E-state index contributed by atoms with van der Waals surface area (Å²) in [7, 11) is 0. The Morgan fingerprint density at radius 1 is 1.07 bits per heavy atom. The summed E-state index contributed by atoms with van der Waals surface area (Å²) < 4.78 is 6.82. The summed E-state index contributed by atoms with van der Waals surface area (Å²) in [4.78, 5) is 48.3. The van der Waals surface area contributed by atoms with Gasteiger partial charge in [0.1, 0.15) is 11.6 Å². The van der Waals surface area contributed by atoms with Gasteiger partial charge in [-0.15, -0.1) is 13.2 Å². The van der Waals surface area contributed by atoms with E-state index in [2.05, 4.69) is 13.2 Å². The molecule has 8 heteroatoms. The van der Waals surface area contributed by atoms with Crippen LogP contribution in [0.25, 0.3) is 0 Å². The number of carbonyl (C=O) groups excluding carboxylic acids is 3. The molecule has 4 rings (SSSR count). The van der Waals surface area contributed by atoms with Crippen LogP contribution in [0.2, 0.25) is 0 Å². The molecule has 3 fully saturated rings. The average molecular weight is 552 g/mol. The molecule has 40 heavy (non-hydrogen) atoms. The second-order valence-corrected chi connectivity index (χ2v) is 12.5. The summed E-state index contributed by atoms with van der Waals surface area (Å²) in [5, 5.41) is 9.28. The Balaban J connectivity index is 1.78. The fraction of sp³-hybridized carbons (Fsp3) is 0.594. The van der Waals surface area contributed by atoms with Crippen molar-refractivity contribution in [2.24, 2.45) is 11.8 Å². The van der Waals surface area contributed by atoms with Crippen molar-refractivity contribution in [3.63, 3.8) is 0 Å². The number of nitrogens with zero attached hydrogens (tertiary/aromatic N) is 3. The minimum Gasteiger partial charge on any atom is -0.396 e. The molecule has 3 aliphatic heterocycles. The Morgan fingerprint density at radius 2 is 1.75 bits per heavy atom. The SMILES string of the molecule is C=CCN(C(=O)[C@H]1[C@H]2C(=O)N(CCCCCO)C(C(=O)N(CC=C)C(C)(C)C)C23CC[C@]1(C)O3)c1ccccc1. The van der Waals surface area contributed by atoms with Crippen LogP contribution in [0, 0.1) is 11.8 Å². The number of likely N-dealkylation sites (tertiary alicyclic amines) is 1. The fourth-order valence-electron chi connectivity index (χ4n) is 7.09. The summed E-state index contributed by atoms with van der Waals surface area (Å²) in [6.45, 7) is 16.7. The Hall–Kier alpha value is -2.97. The number of aliphatic hydroxyl groups is 1. The largest absolute Gasteiger partial charge is 0.396 e. The number of para-hydroxylation sites is 1. The second-order valence-electron chi connectivity index (χ2n) is 12.5. The third-order valence-electron chi connectivity index (χ3n) is 8.87. The number of carbonyl (C=O) groups is 3. The van der Waals surface area contributed by atoms with Gasteiger partial charge in [-0.3, -0.25) is 14.4 Å². The van der Waals surface area contributed by atoms with Gasteiger partial charge in [-0.1, -0.05) is 30.4 Å². The van der Waals surface area contributed by atoms with Crippen molar-refractivity contribution in [2.45, 2.75) is 82.6 Å². The van der Waals surface area contributed by atoms with Gasteiger partial charge in [0, 0.05) is 37.5 Å². The first kappa shape index (κ1) is 30.0. The first-order chi connectivity index (χ1) is 19.0. The van der Waals surface area contributed by atoms with Crippen LogP contribution in [0.5, 0.6) is 0 Å². The lowest BCUT2D eigenvalue weighted by Crippen LogP contribution is -2.60. The molecule has 3 heterocycles. The summed E-state index contributed by atoms with van der Waals surface area (Å²) in [6.07, 6.45) is 6.52. The van der Waals surface area contributed by atoms with Crippen LogP contribution in [0.4, 0.5) is 5.69 Å². The zero-order valence-electron chi connectivity index (χ0n) is 24.5. The minimum atomic E-state index is -1.08. The van der Waals surface area contributed by atoms with Crippen molar-refractivity contribution in [1.29, 1.82) is 0 Å². The van der Waals surface area contributed by atoms with Crippen molar-refractivity contribution in [3.8, 4) is 0 Å². The van der Waals surface area contributed by atoms with E-state index in [0.717, 1.165) is 12.1 Å². The highest BCUT2D eigenvalue weighted by molar-refractivity contribution is 6.03. The fourth-order valence-corrected chi connectivity index (χ4v) is 7.09. The Bertz CT molecular complexity index is 1130. The molecule has 1 aromatic rings. The van der Waals surface area contributed by atoms with E-state index in [9.17, 15) is 19.5 Å². The van der Waals surface area contributed by atoms with E-state index < -0.39 is 34.6 Å². The van der Waals surface area contributed by atoms with Gasteiger partial charge in [-0.2, -0.15) is 0 Å². The molecular weight excluding hydrogens is 506 g/mol. The average Bonchev–Trinajstić information content (AvgIpc) is 3.48. The number of ether oxygens (including phenoxy) is 1. The highest BCUT2D eigenvalue weighted by Gasteiger charge is 2.78. The van der Waals surface area contributed by atoms with E-state index in [-0.39, 0.29) is 24.3 Å². The number of unbranched alkanes of at least 4 members (excludes halogenated alkanes) is 2. The Labute approximate surface area is 238 Å². The first-order valence-electron chi connectivity index (χ1n) is 14.5. The van der Waals surface area contributed by atoms with Crippen LogP contribution in [0.15, 0.2) is 55.6 Å². The third kappa shape index (κ3) is 5.00. The summed E-state index contributed by atoms with van der Waals surface area (Å²) in [6, 6.07) is 8.57. The summed E-state index contributed by atoms with van der Waals surface area (Å²) in [5.41, 5.74) is -1.72. The highest BCUT2D eigenvalue weighted by Crippen LogP contribution is 2.63. The van der Waals surface area contributed by atoms with Gasteiger partial charge in [0.05, 0.1) is 17.4 Å². The van der Waals surface area contributed by atoms with Crippen molar-refractivity contribution < 1.29 is 24.2 Å². The van der Waals surface area contributed by atoms with Gasteiger partial charge in [-0.05, 0) is 71.9 Å². The predicted octanol–water partition coefficient (Wildman–Crippen LogP) is 3.95. The molecular formula is C32H45N3O5. The Morgan fingerprint density at radius 3 is 2.35 bits per heavy atom. The van der Waals surface area contributed by atoms with Gasteiger partial charge >= 0.3 is 0 Å². The number of hydrogen-bond donors (Lipinski definition) is 1. The molecule has 5 atom stereocenters. The maximum Gasteiger partial charge on any atom is 0.249 e. The van der Waals surface area contributed by atoms with Crippen molar-refractivity contribution in [2.75, 3.05) is 31.1 Å². The van der Waals surface area contributed by atoms with Gasteiger partial charge in [-0.25, -0.2) is 0 Å². The predicted molar refractivity (Wildman–Crippen MR) is 156 cm³/mol. The van der Waals surface area contributed by atoms with Crippen LogP contribution in [0.1, 0.15) is 59.8 Å². The van der Waals surface area contributed by atoms with Crippen LogP contribution < -0.4 is 4.90 Å². The molecule has 8 nitrogen and oxygen atoms in total. The summed E-state index contributed by atoms with van der Waals surface area (Å²) >= 11 is 0. The first-order valence-corrected chi connectivity index (χ1v) is 14.5. The zero-order valence-corrected chi connectivity index (χ0v) is 24.5. The van der Waals surface area contributed by atoms with Gasteiger partial charge in [0.25, 0.3) is 0 Å². The monoisotopic (exact) mass is 551 g/mol. The molecule has 1 aromatic carbocycles. The van der Waals surface area contributed by atoms with E-state index in [0.29, 0.717) is 45.3 Å². The lowest BCUT2D eigenvalue weighted by molar-refractivity contribution is -0.154. The molecule has 0 aromatic heterocycles. The lowest BCUT2D eigenvalue weighted by atomic mass is 9.66. The minimum absolute atomic E-state index is 0.0800. The molecule has 0 radical (unpaired) electrons. The molecule has 0 saturated carbocycles. The number of benzene rings is 1. The summed E-state index contributed by atoms with van der Waals surface area (Å²) in [5.74, 6) is -2.03. The van der Waals surface area contributed by atoms with Crippen molar-refractivity contribution in [1.82, 2.24) is 9.80 Å². The Kier molecular flexibility index (Phi) is 8.62.